The number of amides is 2. The average molecular weight is 600 g/mol. The molecule has 230 valence electrons. The zero-order chi connectivity index (χ0) is 31.4. The van der Waals surface area contributed by atoms with E-state index in [4.69, 9.17) is 9.72 Å². The highest BCUT2D eigenvalue weighted by atomic mass is 19.1. The summed E-state index contributed by atoms with van der Waals surface area (Å²) < 4.78 is 21.2. The highest BCUT2D eigenvalue weighted by Gasteiger charge is 2.28. The molecule has 1 unspecified atom stereocenters. The number of hydrogen-bond donors (Lipinski definition) is 4. The van der Waals surface area contributed by atoms with Crippen molar-refractivity contribution in [3.8, 4) is 5.88 Å². The fraction of sp³-hybridized carbons (Fsp3) is 0.333. The van der Waals surface area contributed by atoms with E-state index in [0.717, 1.165) is 42.0 Å². The minimum atomic E-state index is -1.11. The molecule has 0 saturated carbocycles. The largest absolute Gasteiger partial charge is 0.473 e. The molecule has 44 heavy (non-hydrogen) atoms. The second kappa shape index (κ2) is 12.8. The molecule has 1 atom stereocenters. The van der Waals surface area contributed by atoms with Gasteiger partial charge in [-0.25, -0.2) is 4.39 Å². The van der Waals surface area contributed by atoms with Gasteiger partial charge in [0.25, 0.3) is 11.8 Å². The lowest BCUT2D eigenvalue weighted by Gasteiger charge is -2.35. The number of rotatable bonds is 10. The predicted octanol–water partition coefficient (Wildman–Crippen LogP) is 6.05. The SMILES string of the molecule is C=C(F)C(=O)Nc1cccc(C(=O)Nc2cccc(CNc3cc(OC4CCC(C)(C)NC4)nc4c(C(C)C)cnn34)c2)c1. The lowest BCUT2D eigenvalue weighted by atomic mass is 9.92. The van der Waals surface area contributed by atoms with Crippen LogP contribution in [0.25, 0.3) is 5.65 Å². The summed E-state index contributed by atoms with van der Waals surface area (Å²) in [6.45, 7) is 12.8. The second-order valence-corrected chi connectivity index (χ2v) is 12.0. The van der Waals surface area contributed by atoms with Gasteiger partial charge in [-0.15, -0.1) is 0 Å². The zero-order valence-electron chi connectivity index (χ0n) is 25.4. The van der Waals surface area contributed by atoms with E-state index in [1.807, 2.05) is 30.5 Å². The Bertz CT molecular complexity index is 1690. The van der Waals surface area contributed by atoms with Crippen molar-refractivity contribution in [1.29, 1.82) is 0 Å². The lowest BCUT2D eigenvalue weighted by molar-refractivity contribution is -0.114. The van der Waals surface area contributed by atoms with E-state index in [2.05, 4.69) is 60.6 Å². The smallest absolute Gasteiger partial charge is 0.283 e. The van der Waals surface area contributed by atoms with Crippen LogP contribution in [-0.2, 0) is 11.3 Å². The summed E-state index contributed by atoms with van der Waals surface area (Å²) in [6.07, 6.45) is 3.82. The number of aromatic nitrogens is 3. The van der Waals surface area contributed by atoms with Crippen LogP contribution in [0.5, 0.6) is 5.88 Å². The Balaban J connectivity index is 1.30. The monoisotopic (exact) mass is 599 g/mol. The van der Waals surface area contributed by atoms with Crippen molar-refractivity contribution in [3.63, 3.8) is 0 Å². The van der Waals surface area contributed by atoms with Crippen LogP contribution in [0.4, 0.5) is 21.6 Å². The normalized spacial score (nSPS) is 16.0. The highest BCUT2D eigenvalue weighted by Crippen LogP contribution is 2.28. The van der Waals surface area contributed by atoms with Gasteiger partial charge < -0.3 is 26.0 Å². The van der Waals surface area contributed by atoms with Crippen LogP contribution in [0.1, 0.15) is 67.9 Å². The van der Waals surface area contributed by atoms with Crippen LogP contribution in [-0.4, -0.2) is 44.6 Å². The van der Waals surface area contributed by atoms with E-state index in [0.29, 0.717) is 23.7 Å². The summed E-state index contributed by atoms with van der Waals surface area (Å²) in [7, 11) is 0. The molecule has 0 aliphatic carbocycles. The van der Waals surface area contributed by atoms with E-state index in [1.54, 1.807) is 28.8 Å². The van der Waals surface area contributed by atoms with Crippen molar-refractivity contribution >= 4 is 34.7 Å². The summed E-state index contributed by atoms with van der Waals surface area (Å²) >= 11 is 0. The molecule has 10 nitrogen and oxygen atoms in total. The Kier molecular flexibility index (Phi) is 8.96. The number of anilines is 3. The molecule has 1 aliphatic heterocycles. The van der Waals surface area contributed by atoms with E-state index in [9.17, 15) is 14.0 Å². The Morgan fingerprint density at radius 3 is 2.59 bits per heavy atom. The third-order valence-electron chi connectivity index (χ3n) is 7.57. The van der Waals surface area contributed by atoms with Crippen LogP contribution in [0.2, 0.25) is 0 Å². The van der Waals surface area contributed by atoms with Gasteiger partial charge in [0, 0.05) is 47.2 Å². The number of fused-ring (bicyclic) bond motifs is 1. The fourth-order valence-electron chi connectivity index (χ4n) is 5.02. The summed E-state index contributed by atoms with van der Waals surface area (Å²) in [4.78, 5) is 29.4. The molecule has 0 radical (unpaired) electrons. The van der Waals surface area contributed by atoms with Crippen LogP contribution >= 0.6 is 0 Å². The topological polar surface area (TPSA) is 122 Å². The molecule has 1 fully saturated rings. The fourth-order valence-corrected chi connectivity index (χ4v) is 5.02. The predicted molar refractivity (Wildman–Crippen MR) is 170 cm³/mol. The molecule has 5 rings (SSSR count). The van der Waals surface area contributed by atoms with Crippen molar-refractivity contribution in [1.82, 2.24) is 19.9 Å². The van der Waals surface area contributed by atoms with Gasteiger partial charge in [-0.05, 0) is 68.5 Å². The molecule has 1 saturated heterocycles. The quantitative estimate of drug-likeness (QED) is 0.164. The summed E-state index contributed by atoms with van der Waals surface area (Å²) in [5, 5.41) is 16.9. The first-order valence-electron chi connectivity index (χ1n) is 14.7. The van der Waals surface area contributed by atoms with E-state index in [1.165, 1.54) is 6.07 Å². The standard InChI is InChI=1S/C33H38FN7O3/c1-20(2)27-19-37-41-28(16-29(40-30(27)41)44-26-12-13-33(4,5)36-18-26)35-17-22-8-6-10-24(14-22)39-32(43)23-9-7-11-25(15-23)38-31(42)21(3)34/h6-11,14-16,19-20,26,35-36H,3,12-13,17-18H2,1-2,4-5H3,(H,38,42)(H,39,43). The first-order chi connectivity index (χ1) is 21.0. The highest BCUT2D eigenvalue weighted by molar-refractivity contribution is 6.06. The number of hydrogen-bond acceptors (Lipinski definition) is 7. The van der Waals surface area contributed by atoms with Gasteiger partial charge in [-0.3, -0.25) is 9.59 Å². The van der Waals surface area contributed by atoms with Crippen molar-refractivity contribution in [3.05, 3.63) is 89.9 Å². The Morgan fingerprint density at radius 2 is 1.89 bits per heavy atom. The second-order valence-electron chi connectivity index (χ2n) is 12.0. The first kappa shape index (κ1) is 30.7. The van der Waals surface area contributed by atoms with Crippen LogP contribution in [0.3, 0.4) is 0 Å². The molecule has 11 heteroatoms. The summed E-state index contributed by atoms with van der Waals surface area (Å²) in [5.41, 5.74) is 3.99. The number of nitrogens with zero attached hydrogens (tertiary/aromatic N) is 3. The molecule has 2 aromatic heterocycles. The van der Waals surface area contributed by atoms with Gasteiger partial charge in [0.05, 0.1) is 6.20 Å². The summed E-state index contributed by atoms with van der Waals surface area (Å²) in [6, 6.07) is 15.6. The number of halogens is 1. The number of piperidine rings is 1. The zero-order valence-corrected chi connectivity index (χ0v) is 25.4. The van der Waals surface area contributed by atoms with Crippen molar-refractivity contribution in [2.75, 3.05) is 22.5 Å². The number of benzene rings is 2. The van der Waals surface area contributed by atoms with Crippen molar-refractivity contribution in [2.45, 2.75) is 64.6 Å². The van der Waals surface area contributed by atoms with Crippen molar-refractivity contribution in [2.24, 2.45) is 0 Å². The minimum Gasteiger partial charge on any atom is -0.473 e. The number of carbonyl (C=O) groups excluding carboxylic acids is 2. The first-order valence-corrected chi connectivity index (χ1v) is 14.7. The molecule has 4 N–H and O–H groups in total. The van der Waals surface area contributed by atoms with Gasteiger partial charge in [-0.1, -0.05) is 38.6 Å². The molecular formula is C33H38FN7O3. The number of ether oxygens (including phenoxy) is 1. The lowest BCUT2D eigenvalue weighted by Crippen LogP contribution is -2.50. The Morgan fingerprint density at radius 1 is 1.14 bits per heavy atom. The minimum absolute atomic E-state index is 0.0247. The van der Waals surface area contributed by atoms with Gasteiger partial charge in [-0.2, -0.15) is 14.6 Å². The molecule has 0 spiro atoms. The Labute approximate surface area is 256 Å². The van der Waals surface area contributed by atoms with E-state index < -0.39 is 11.7 Å². The molecule has 0 bridgehead atoms. The molecule has 4 aromatic rings. The van der Waals surface area contributed by atoms with E-state index >= 15 is 0 Å². The van der Waals surface area contributed by atoms with Gasteiger partial charge in [0.2, 0.25) is 5.88 Å². The number of nitrogens with one attached hydrogen (secondary N) is 4. The third-order valence-corrected chi connectivity index (χ3v) is 7.57. The van der Waals surface area contributed by atoms with E-state index in [-0.39, 0.29) is 29.2 Å². The maximum atomic E-state index is 13.1. The summed E-state index contributed by atoms with van der Waals surface area (Å²) in [5.74, 6) is -0.921. The maximum absolute atomic E-state index is 13.1. The van der Waals surface area contributed by atoms with Gasteiger partial charge >= 0.3 is 0 Å². The molecule has 2 aromatic carbocycles. The van der Waals surface area contributed by atoms with Gasteiger partial charge in [0.1, 0.15) is 11.9 Å². The maximum Gasteiger partial charge on any atom is 0.283 e. The molecule has 1 aliphatic rings. The molecule has 2 amide bonds. The molecular weight excluding hydrogens is 561 g/mol. The third kappa shape index (κ3) is 7.41. The number of carbonyl (C=O) groups is 2. The van der Waals surface area contributed by atoms with Crippen LogP contribution < -0.4 is 26.0 Å². The van der Waals surface area contributed by atoms with Gasteiger partial charge in [0.15, 0.2) is 11.5 Å². The van der Waals surface area contributed by atoms with Crippen molar-refractivity contribution < 1.29 is 18.7 Å². The molecule has 3 heterocycles. The Hall–Kier alpha value is -4.77. The average Bonchev–Trinajstić information content (AvgIpc) is 3.42. The van der Waals surface area contributed by atoms with Crippen LogP contribution in [0, 0.1) is 0 Å². The van der Waals surface area contributed by atoms with Crippen LogP contribution in [0.15, 0.2) is 73.2 Å².